The predicted molar refractivity (Wildman–Crippen MR) is 81.8 cm³/mol. The van der Waals surface area contributed by atoms with E-state index in [4.69, 9.17) is 21.1 Å². The Kier molecular flexibility index (Phi) is 5.20. The highest BCUT2D eigenvalue weighted by Gasteiger charge is 2.19. The Morgan fingerprint density at radius 3 is 2.48 bits per heavy atom. The molecule has 1 N–H and O–H groups in total. The minimum atomic E-state index is -0.663. The zero-order valence-electron chi connectivity index (χ0n) is 11.8. The van der Waals surface area contributed by atoms with Gasteiger partial charge < -0.3 is 14.8 Å². The molecule has 21 heavy (non-hydrogen) atoms. The molecule has 5 heteroatoms. The molecular weight excluding hydrogens is 290 g/mol. The van der Waals surface area contributed by atoms with Crippen molar-refractivity contribution >= 4 is 17.5 Å². The van der Waals surface area contributed by atoms with Crippen LogP contribution in [0.1, 0.15) is 11.7 Å². The van der Waals surface area contributed by atoms with Crippen molar-refractivity contribution in [2.45, 2.75) is 6.10 Å². The molecule has 2 aromatic rings. The normalized spacial score (nSPS) is 11.8. The average Bonchev–Trinajstić information content (AvgIpc) is 2.50. The Morgan fingerprint density at radius 2 is 1.86 bits per heavy atom. The number of carbonyl (C=O) groups is 1. The van der Waals surface area contributed by atoms with E-state index in [0.717, 1.165) is 5.56 Å². The van der Waals surface area contributed by atoms with Crippen molar-refractivity contribution in [3.63, 3.8) is 0 Å². The third-order valence-corrected chi connectivity index (χ3v) is 3.18. The summed E-state index contributed by atoms with van der Waals surface area (Å²) in [5, 5.41) is 3.22. The molecule has 0 fully saturated rings. The maximum atomic E-state index is 11.8. The first-order valence-corrected chi connectivity index (χ1v) is 6.79. The number of likely N-dealkylation sites (N-methyl/N-ethyl adjacent to an activating group) is 1. The van der Waals surface area contributed by atoms with Gasteiger partial charge in [-0.05, 0) is 42.0 Å². The summed E-state index contributed by atoms with van der Waals surface area (Å²) >= 11 is 5.83. The molecule has 2 aromatic carbocycles. The molecular formula is C16H16ClNO3. The highest BCUT2D eigenvalue weighted by Crippen LogP contribution is 2.26. The van der Waals surface area contributed by atoms with Crippen molar-refractivity contribution in [3.8, 4) is 11.5 Å². The molecule has 0 radical (unpaired) electrons. The maximum Gasteiger partial charge on any atom is 0.253 e. The molecule has 0 saturated carbocycles. The van der Waals surface area contributed by atoms with Crippen molar-refractivity contribution in [3.05, 3.63) is 59.1 Å². The van der Waals surface area contributed by atoms with Crippen LogP contribution in [0.25, 0.3) is 0 Å². The van der Waals surface area contributed by atoms with E-state index in [0.29, 0.717) is 16.5 Å². The van der Waals surface area contributed by atoms with Gasteiger partial charge in [-0.15, -0.1) is 0 Å². The highest BCUT2D eigenvalue weighted by atomic mass is 35.5. The molecule has 1 atom stereocenters. The lowest BCUT2D eigenvalue weighted by Gasteiger charge is -2.15. The second-order valence-electron chi connectivity index (χ2n) is 4.36. The van der Waals surface area contributed by atoms with Gasteiger partial charge in [0.1, 0.15) is 11.5 Å². The molecule has 0 aromatic heterocycles. The Labute approximate surface area is 128 Å². The Hall–Kier alpha value is -2.04. The van der Waals surface area contributed by atoms with Crippen molar-refractivity contribution in [1.82, 2.24) is 5.32 Å². The molecule has 0 bridgehead atoms. The van der Waals surface area contributed by atoms with Crippen LogP contribution in [0.4, 0.5) is 0 Å². The molecule has 110 valence electrons. The molecule has 0 aliphatic rings. The van der Waals surface area contributed by atoms with E-state index in [1.165, 1.54) is 7.11 Å². The molecule has 0 heterocycles. The lowest BCUT2D eigenvalue weighted by Crippen LogP contribution is -2.26. The van der Waals surface area contributed by atoms with Gasteiger partial charge in [0, 0.05) is 19.2 Å². The molecule has 0 spiro atoms. The monoisotopic (exact) mass is 305 g/mol. The van der Waals surface area contributed by atoms with E-state index in [1.54, 1.807) is 37.4 Å². The average molecular weight is 306 g/mol. The van der Waals surface area contributed by atoms with Gasteiger partial charge in [-0.1, -0.05) is 23.7 Å². The van der Waals surface area contributed by atoms with Gasteiger partial charge in [-0.25, -0.2) is 0 Å². The summed E-state index contributed by atoms with van der Waals surface area (Å²) in [6, 6.07) is 14.3. The van der Waals surface area contributed by atoms with Crippen LogP contribution in [0.15, 0.2) is 48.5 Å². The standard InChI is InChI=1S/C16H16ClNO3/c1-18-16(19)15(20-2)11-4-3-5-14(10-11)21-13-8-6-12(17)7-9-13/h3-10,15H,1-2H3,(H,18,19). The van der Waals surface area contributed by atoms with E-state index in [1.807, 2.05) is 18.2 Å². The van der Waals surface area contributed by atoms with Crippen LogP contribution in [0.3, 0.4) is 0 Å². The molecule has 2 rings (SSSR count). The van der Waals surface area contributed by atoms with Crippen molar-refractivity contribution in [2.75, 3.05) is 14.2 Å². The number of rotatable bonds is 5. The first-order chi connectivity index (χ1) is 10.1. The number of hydrogen-bond donors (Lipinski definition) is 1. The van der Waals surface area contributed by atoms with Crippen LogP contribution in [0.5, 0.6) is 11.5 Å². The third-order valence-electron chi connectivity index (χ3n) is 2.93. The van der Waals surface area contributed by atoms with E-state index < -0.39 is 6.10 Å². The van der Waals surface area contributed by atoms with Crippen LogP contribution >= 0.6 is 11.6 Å². The number of carbonyl (C=O) groups excluding carboxylic acids is 1. The van der Waals surface area contributed by atoms with Crippen molar-refractivity contribution < 1.29 is 14.3 Å². The molecule has 0 aliphatic carbocycles. The lowest BCUT2D eigenvalue weighted by atomic mass is 10.1. The summed E-state index contributed by atoms with van der Waals surface area (Å²) in [5.41, 5.74) is 0.725. The summed E-state index contributed by atoms with van der Waals surface area (Å²) in [4.78, 5) is 11.8. The number of halogens is 1. The minimum absolute atomic E-state index is 0.207. The first kappa shape index (κ1) is 15.4. The Morgan fingerprint density at radius 1 is 1.14 bits per heavy atom. The van der Waals surface area contributed by atoms with Crippen LogP contribution in [0, 0.1) is 0 Å². The zero-order chi connectivity index (χ0) is 15.2. The number of benzene rings is 2. The van der Waals surface area contributed by atoms with Gasteiger partial charge in [0.05, 0.1) is 0 Å². The summed E-state index contributed by atoms with van der Waals surface area (Å²) in [6.07, 6.45) is -0.663. The first-order valence-electron chi connectivity index (χ1n) is 6.42. The van der Waals surface area contributed by atoms with E-state index in [9.17, 15) is 4.79 Å². The number of hydrogen-bond acceptors (Lipinski definition) is 3. The second kappa shape index (κ2) is 7.11. The van der Waals surface area contributed by atoms with Crippen LogP contribution in [0.2, 0.25) is 5.02 Å². The van der Waals surface area contributed by atoms with Crippen molar-refractivity contribution in [2.24, 2.45) is 0 Å². The third kappa shape index (κ3) is 3.97. The van der Waals surface area contributed by atoms with E-state index >= 15 is 0 Å². The molecule has 4 nitrogen and oxygen atoms in total. The smallest absolute Gasteiger partial charge is 0.253 e. The number of nitrogens with one attached hydrogen (secondary N) is 1. The van der Waals surface area contributed by atoms with Gasteiger partial charge >= 0.3 is 0 Å². The second-order valence-corrected chi connectivity index (χ2v) is 4.79. The fourth-order valence-corrected chi connectivity index (χ4v) is 2.03. The molecule has 0 aliphatic heterocycles. The predicted octanol–water partition coefficient (Wildman–Crippen LogP) is 3.57. The van der Waals surface area contributed by atoms with Gasteiger partial charge in [-0.2, -0.15) is 0 Å². The van der Waals surface area contributed by atoms with Crippen LogP contribution < -0.4 is 10.1 Å². The number of methoxy groups -OCH3 is 1. The van der Waals surface area contributed by atoms with E-state index in [2.05, 4.69) is 5.32 Å². The Balaban J connectivity index is 2.20. The molecule has 1 unspecified atom stereocenters. The maximum absolute atomic E-state index is 11.8. The zero-order valence-corrected chi connectivity index (χ0v) is 12.6. The summed E-state index contributed by atoms with van der Waals surface area (Å²) in [7, 11) is 3.06. The minimum Gasteiger partial charge on any atom is -0.457 e. The highest BCUT2D eigenvalue weighted by molar-refractivity contribution is 6.30. The van der Waals surface area contributed by atoms with Crippen molar-refractivity contribution in [1.29, 1.82) is 0 Å². The van der Waals surface area contributed by atoms with Crippen LogP contribution in [-0.2, 0) is 9.53 Å². The number of ether oxygens (including phenoxy) is 2. The largest absolute Gasteiger partial charge is 0.457 e. The van der Waals surface area contributed by atoms with Gasteiger partial charge in [-0.3, -0.25) is 4.79 Å². The summed E-state index contributed by atoms with van der Waals surface area (Å²) in [5.74, 6) is 1.09. The quantitative estimate of drug-likeness (QED) is 0.918. The fourth-order valence-electron chi connectivity index (χ4n) is 1.91. The summed E-state index contributed by atoms with van der Waals surface area (Å²) < 4.78 is 11.0. The fraction of sp³-hybridized carbons (Fsp3) is 0.188. The lowest BCUT2D eigenvalue weighted by molar-refractivity contribution is -0.130. The number of amides is 1. The topological polar surface area (TPSA) is 47.6 Å². The molecule has 1 amide bonds. The van der Waals surface area contributed by atoms with Gasteiger partial charge in [0.25, 0.3) is 5.91 Å². The van der Waals surface area contributed by atoms with Gasteiger partial charge in [0.2, 0.25) is 0 Å². The molecule has 0 saturated heterocycles. The Bertz CT molecular complexity index is 613. The SMILES string of the molecule is CNC(=O)C(OC)c1cccc(Oc2ccc(Cl)cc2)c1. The van der Waals surface area contributed by atoms with Crippen LogP contribution in [-0.4, -0.2) is 20.1 Å². The van der Waals surface area contributed by atoms with Gasteiger partial charge in [0.15, 0.2) is 6.10 Å². The van der Waals surface area contributed by atoms with E-state index in [-0.39, 0.29) is 5.91 Å². The summed E-state index contributed by atoms with van der Waals surface area (Å²) in [6.45, 7) is 0.